The van der Waals surface area contributed by atoms with Gasteiger partial charge in [-0.3, -0.25) is 10.1 Å². The number of nitrogens with zero attached hydrogens (tertiary/aromatic N) is 4. The standard InChI is InChI=1S/C16H22N6O2/c1-9(2)17-16(24)19-13-8-10(3)21-22(13)15-18-12-7-5-4-6-11(12)14(23)20-15/h8-9,11H,4-7H2,1-3H3,(H2,17,19,24). The third-order valence-electron chi connectivity index (χ3n) is 4.01. The van der Waals surface area contributed by atoms with Gasteiger partial charge in [-0.15, -0.1) is 0 Å². The predicted molar refractivity (Wildman–Crippen MR) is 91.5 cm³/mol. The molecule has 24 heavy (non-hydrogen) atoms. The van der Waals surface area contributed by atoms with E-state index < -0.39 is 0 Å². The third kappa shape index (κ3) is 3.37. The summed E-state index contributed by atoms with van der Waals surface area (Å²) < 4.78 is 1.42. The number of carbonyl (C=O) groups excluding carboxylic acids is 2. The molecular weight excluding hydrogens is 308 g/mol. The summed E-state index contributed by atoms with van der Waals surface area (Å²) >= 11 is 0. The fourth-order valence-electron chi connectivity index (χ4n) is 2.98. The highest BCUT2D eigenvalue weighted by molar-refractivity contribution is 6.16. The summed E-state index contributed by atoms with van der Waals surface area (Å²) in [5.74, 6) is 0.317. The van der Waals surface area contributed by atoms with E-state index in [1.54, 1.807) is 6.07 Å². The molecule has 0 radical (unpaired) electrons. The zero-order valence-corrected chi connectivity index (χ0v) is 14.2. The number of amides is 3. The normalized spacial score (nSPS) is 20.3. The fraction of sp³-hybridized carbons (Fsp3) is 0.562. The molecule has 1 aliphatic carbocycles. The molecular formula is C16H22N6O2. The van der Waals surface area contributed by atoms with Crippen LogP contribution in [0.4, 0.5) is 10.6 Å². The summed E-state index contributed by atoms with van der Waals surface area (Å²) in [6, 6.07) is 1.40. The Morgan fingerprint density at radius 1 is 1.33 bits per heavy atom. The lowest BCUT2D eigenvalue weighted by Gasteiger charge is -2.24. The van der Waals surface area contributed by atoms with E-state index in [0.717, 1.165) is 31.4 Å². The molecule has 1 fully saturated rings. The minimum absolute atomic E-state index is 0.0132. The van der Waals surface area contributed by atoms with Gasteiger partial charge in [0.15, 0.2) is 0 Å². The smallest absolute Gasteiger partial charge is 0.320 e. The second-order valence-electron chi connectivity index (χ2n) is 6.49. The van der Waals surface area contributed by atoms with Gasteiger partial charge in [-0.05, 0) is 40.0 Å². The number of rotatable bonds is 2. The van der Waals surface area contributed by atoms with Gasteiger partial charge in [0.05, 0.1) is 11.6 Å². The first-order chi connectivity index (χ1) is 11.4. The van der Waals surface area contributed by atoms with E-state index in [-0.39, 0.29) is 29.9 Å². The Morgan fingerprint density at radius 2 is 2.12 bits per heavy atom. The van der Waals surface area contributed by atoms with Crippen molar-refractivity contribution in [1.29, 1.82) is 0 Å². The molecule has 128 valence electrons. The van der Waals surface area contributed by atoms with E-state index in [1.807, 2.05) is 20.8 Å². The van der Waals surface area contributed by atoms with Crippen LogP contribution in [0.3, 0.4) is 0 Å². The average molecular weight is 330 g/mol. The second kappa shape index (κ2) is 6.54. The van der Waals surface area contributed by atoms with Crippen molar-refractivity contribution in [3.63, 3.8) is 0 Å². The Morgan fingerprint density at radius 3 is 2.88 bits per heavy atom. The van der Waals surface area contributed by atoms with Crippen LogP contribution < -0.4 is 10.6 Å². The molecule has 3 rings (SSSR count). The van der Waals surface area contributed by atoms with Crippen LogP contribution in [0.15, 0.2) is 16.1 Å². The van der Waals surface area contributed by atoms with Crippen molar-refractivity contribution in [1.82, 2.24) is 15.1 Å². The number of aryl methyl sites for hydroxylation is 1. The van der Waals surface area contributed by atoms with Crippen LogP contribution >= 0.6 is 0 Å². The van der Waals surface area contributed by atoms with Crippen LogP contribution in [0.1, 0.15) is 45.2 Å². The van der Waals surface area contributed by atoms with Gasteiger partial charge in [-0.25, -0.2) is 9.79 Å². The number of carbonyl (C=O) groups is 2. The number of nitrogens with one attached hydrogen (secondary N) is 2. The maximum absolute atomic E-state index is 12.3. The highest BCUT2D eigenvalue weighted by atomic mass is 16.2. The molecule has 1 aliphatic heterocycles. The molecule has 1 saturated carbocycles. The monoisotopic (exact) mass is 330 g/mol. The van der Waals surface area contributed by atoms with Crippen molar-refractivity contribution in [2.75, 3.05) is 5.32 Å². The van der Waals surface area contributed by atoms with Gasteiger partial charge in [-0.2, -0.15) is 14.8 Å². The van der Waals surface area contributed by atoms with Crippen LogP contribution in [-0.4, -0.2) is 39.4 Å². The molecule has 3 amide bonds. The van der Waals surface area contributed by atoms with Gasteiger partial charge >= 0.3 is 6.03 Å². The highest BCUT2D eigenvalue weighted by Gasteiger charge is 2.32. The average Bonchev–Trinajstić information content (AvgIpc) is 2.86. The third-order valence-corrected chi connectivity index (χ3v) is 4.01. The Hall–Kier alpha value is -2.51. The van der Waals surface area contributed by atoms with E-state index >= 15 is 0 Å². The molecule has 1 atom stereocenters. The van der Waals surface area contributed by atoms with E-state index in [1.165, 1.54) is 4.68 Å². The molecule has 0 saturated heterocycles. The highest BCUT2D eigenvalue weighted by Crippen LogP contribution is 2.26. The SMILES string of the molecule is Cc1cc(NC(=O)NC(C)C)n(C2=NC(=O)C3CCCCC3=N2)n1. The lowest BCUT2D eigenvalue weighted by molar-refractivity contribution is -0.120. The Bertz CT molecular complexity index is 731. The van der Waals surface area contributed by atoms with Crippen LogP contribution in [0.2, 0.25) is 0 Å². The van der Waals surface area contributed by atoms with Crippen LogP contribution in [-0.2, 0) is 4.79 Å². The summed E-state index contributed by atoms with van der Waals surface area (Å²) in [4.78, 5) is 32.9. The Balaban J connectivity index is 1.88. The molecule has 0 aromatic carbocycles. The largest absolute Gasteiger partial charge is 0.336 e. The summed E-state index contributed by atoms with van der Waals surface area (Å²) in [6.07, 6.45) is 3.69. The van der Waals surface area contributed by atoms with Crippen LogP contribution in [0.5, 0.6) is 0 Å². The number of aromatic nitrogens is 2. The molecule has 1 aromatic rings. The van der Waals surface area contributed by atoms with Crippen molar-refractivity contribution in [3.8, 4) is 0 Å². The van der Waals surface area contributed by atoms with Gasteiger partial charge in [0.2, 0.25) is 0 Å². The summed E-state index contributed by atoms with van der Waals surface area (Å²) in [6.45, 7) is 5.56. The summed E-state index contributed by atoms with van der Waals surface area (Å²) in [5, 5.41) is 9.81. The molecule has 0 bridgehead atoms. The second-order valence-corrected chi connectivity index (χ2v) is 6.49. The first kappa shape index (κ1) is 16.4. The molecule has 2 aliphatic rings. The van der Waals surface area contributed by atoms with Gasteiger partial charge in [0, 0.05) is 17.8 Å². The number of hydrogen-bond acceptors (Lipinski definition) is 4. The molecule has 1 unspecified atom stereocenters. The number of fused-ring (bicyclic) bond motifs is 1. The zero-order chi connectivity index (χ0) is 17.3. The molecule has 1 aromatic heterocycles. The van der Waals surface area contributed by atoms with E-state index in [0.29, 0.717) is 11.5 Å². The number of aliphatic imine (C=N–C) groups is 2. The molecule has 8 heteroatoms. The lowest BCUT2D eigenvalue weighted by Crippen LogP contribution is -2.36. The van der Waals surface area contributed by atoms with Crippen molar-refractivity contribution < 1.29 is 9.59 Å². The fourth-order valence-corrected chi connectivity index (χ4v) is 2.98. The predicted octanol–water partition coefficient (Wildman–Crippen LogP) is 2.10. The first-order valence-corrected chi connectivity index (χ1v) is 8.28. The number of anilines is 1. The van der Waals surface area contributed by atoms with E-state index in [2.05, 4.69) is 25.7 Å². The minimum atomic E-state index is -0.336. The van der Waals surface area contributed by atoms with E-state index in [9.17, 15) is 9.59 Å². The zero-order valence-electron chi connectivity index (χ0n) is 14.2. The molecule has 2 heterocycles. The quantitative estimate of drug-likeness (QED) is 0.868. The van der Waals surface area contributed by atoms with Crippen molar-refractivity contribution >= 4 is 29.4 Å². The topological polar surface area (TPSA) is 101 Å². The maximum atomic E-state index is 12.3. The number of hydrogen-bond donors (Lipinski definition) is 2. The van der Waals surface area contributed by atoms with Gasteiger partial charge in [0.25, 0.3) is 11.9 Å². The van der Waals surface area contributed by atoms with Crippen LogP contribution in [0, 0.1) is 12.8 Å². The van der Waals surface area contributed by atoms with Crippen LogP contribution in [0.25, 0.3) is 0 Å². The molecule has 8 nitrogen and oxygen atoms in total. The maximum Gasteiger partial charge on any atom is 0.320 e. The summed E-state index contributed by atoms with van der Waals surface area (Å²) in [7, 11) is 0. The van der Waals surface area contributed by atoms with Gasteiger partial charge in [0.1, 0.15) is 5.82 Å². The number of urea groups is 1. The lowest BCUT2D eigenvalue weighted by atomic mass is 9.86. The minimum Gasteiger partial charge on any atom is -0.336 e. The molecule has 2 N–H and O–H groups in total. The molecule has 0 spiro atoms. The Labute approximate surface area is 140 Å². The van der Waals surface area contributed by atoms with Gasteiger partial charge < -0.3 is 5.32 Å². The van der Waals surface area contributed by atoms with Crippen molar-refractivity contribution in [2.45, 2.75) is 52.5 Å². The summed E-state index contributed by atoms with van der Waals surface area (Å²) in [5.41, 5.74) is 1.58. The Kier molecular flexibility index (Phi) is 4.46. The van der Waals surface area contributed by atoms with Gasteiger partial charge in [-0.1, -0.05) is 6.42 Å². The van der Waals surface area contributed by atoms with E-state index in [4.69, 9.17) is 0 Å². The van der Waals surface area contributed by atoms with Crippen molar-refractivity contribution in [2.24, 2.45) is 15.9 Å². The first-order valence-electron chi connectivity index (χ1n) is 8.28. The van der Waals surface area contributed by atoms with Crippen molar-refractivity contribution in [3.05, 3.63) is 11.8 Å².